The Morgan fingerprint density at radius 2 is 1.38 bits per heavy atom. The van der Waals surface area contributed by atoms with Crippen molar-refractivity contribution in [3.05, 3.63) is 12.2 Å². The van der Waals surface area contributed by atoms with Crippen LogP contribution in [0.2, 0.25) is 0 Å². The minimum absolute atomic E-state index is 0.138. The van der Waals surface area contributed by atoms with Crippen LogP contribution in [0.1, 0.15) is 110 Å². The summed E-state index contributed by atoms with van der Waals surface area (Å²) in [6, 6.07) is 0. The quantitative estimate of drug-likeness (QED) is 0.233. The van der Waals surface area contributed by atoms with Gasteiger partial charge in [-0.15, -0.1) is 0 Å². The molecule has 2 aliphatic carbocycles. The second-order valence-corrected chi connectivity index (χ2v) is 9.06. The lowest BCUT2D eigenvalue weighted by Gasteiger charge is -2.37. The fourth-order valence-electron chi connectivity index (χ4n) is 5.09. The van der Waals surface area contributed by atoms with E-state index >= 15 is 0 Å². The molecule has 0 aromatic rings. The first-order valence-corrected chi connectivity index (χ1v) is 11.5. The molecule has 2 saturated carbocycles. The van der Waals surface area contributed by atoms with Gasteiger partial charge in [0.25, 0.3) is 0 Å². The predicted octanol–water partition coefficient (Wildman–Crippen LogP) is 7.22. The Hall–Kier alpha value is -0.790. The molecule has 0 radical (unpaired) electrons. The maximum Gasteiger partial charge on any atom is 0.333 e. The summed E-state index contributed by atoms with van der Waals surface area (Å²) in [6.45, 7) is 7.71. The molecular weight excluding hydrogens is 320 g/mol. The lowest BCUT2D eigenvalue weighted by molar-refractivity contribution is -0.146. The van der Waals surface area contributed by atoms with E-state index in [2.05, 4.69) is 13.5 Å². The number of carbonyl (C=O) groups is 1. The number of carbonyl (C=O) groups excluding carboxylic acids is 1. The summed E-state index contributed by atoms with van der Waals surface area (Å²) in [5.41, 5.74) is 0.524. The summed E-state index contributed by atoms with van der Waals surface area (Å²) in [6.07, 6.45) is 20.6. The number of ether oxygens (including phenoxy) is 1. The molecule has 0 spiro atoms. The van der Waals surface area contributed by atoms with E-state index in [1.165, 1.54) is 83.5 Å². The summed E-state index contributed by atoms with van der Waals surface area (Å²) >= 11 is 0. The molecule has 0 aromatic carbocycles. The molecule has 2 fully saturated rings. The van der Waals surface area contributed by atoms with Gasteiger partial charge in [0.05, 0.1) is 0 Å². The highest BCUT2D eigenvalue weighted by molar-refractivity contribution is 5.87. The van der Waals surface area contributed by atoms with Gasteiger partial charge in [0.15, 0.2) is 0 Å². The third kappa shape index (κ3) is 7.45. The minimum Gasteiger partial charge on any atom is -0.459 e. The Morgan fingerprint density at radius 3 is 1.96 bits per heavy atom. The zero-order chi connectivity index (χ0) is 18.8. The Kier molecular flexibility index (Phi) is 9.78. The number of rotatable bonds is 10. The van der Waals surface area contributed by atoms with E-state index in [0.29, 0.717) is 5.57 Å². The lowest BCUT2D eigenvalue weighted by Crippen LogP contribution is -2.29. The van der Waals surface area contributed by atoms with Crippen molar-refractivity contribution in [2.24, 2.45) is 17.8 Å². The molecule has 0 bridgehead atoms. The molecule has 0 heterocycles. The molecule has 0 aliphatic heterocycles. The van der Waals surface area contributed by atoms with E-state index in [9.17, 15) is 4.79 Å². The fourth-order valence-corrected chi connectivity index (χ4v) is 5.09. The zero-order valence-electron chi connectivity index (χ0n) is 17.4. The Morgan fingerprint density at radius 1 is 0.846 bits per heavy atom. The van der Waals surface area contributed by atoms with E-state index in [-0.39, 0.29) is 12.1 Å². The normalized spacial score (nSPS) is 29.3. The van der Waals surface area contributed by atoms with Crippen LogP contribution < -0.4 is 0 Å². The SMILES string of the molecule is C=C(C)C(=O)OC1CCC(C2CCC(CCCCCCCC)CC2)CC1. The van der Waals surface area contributed by atoms with E-state index in [0.717, 1.165) is 30.6 Å². The number of hydrogen-bond donors (Lipinski definition) is 0. The van der Waals surface area contributed by atoms with Gasteiger partial charge in [0, 0.05) is 5.57 Å². The van der Waals surface area contributed by atoms with Crippen molar-refractivity contribution in [3.8, 4) is 0 Å². The van der Waals surface area contributed by atoms with Gasteiger partial charge in [-0.05, 0) is 63.2 Å². The van der Waals surface area contributed by atoms with Crippen molar-refractivity contribution >= 4 is 5.97 Å². The molecule has 2 aliphatic rings. The molecule has 26 heavy (non-hydrogen) atoms. The molecule has 2 heteroatoms. The molecule has 0 aromatic heterocycles. The molecular formula is C24H42O2. The highest BCUT2D eigenvalue weighted by Crippen LogP contribution is 2.41. The largest absolute Gasteiger partial charge is 0.459 e. The van der Waals surface area contributed by atoms with Crippen LogP contribution in [0.15, 0.2) is 12.2 Å². The van der Waals surface area contributed by atoms with Crippen LogP contribution in [0.3, 0.4) is 0 Å². The predicted molar refractivity (Wildman–Crippen MR) is 110 cm³/mol. The number of unbranched alkanes of at least 4 members (excludes halogenated alkanes) is 5. The fraction of sp³-hybridized carbons (Fsp3) is 0.875. The summed E-state index contributed by atoms with van der Waals surface area (Å²) in [5.74, 6) is 2.62. The minimum atomic E-state index is -0.205. The zero-order valence-corrected chi connectivity index (χ0v) is 17.4. The summed E-state index contributed by atoms with van der Waals surface area (Å²) in [4.78, 5) is 11.7. The first-order valence-electron chi connectivity index (χ1n) is 11.5. The van der Waals surface area contributed by atoms with Gasteiger partial charge >= 0.3 is 5.97 Å². The molecule has 0 saturated heterocycles. The molecule has 0 amide bonds. The molecule has 2 nitrogen and oxygen atoms in total. The van der Waals surface area contributed by atoms with Crippen LogP contribution in [0, 0.1) is 17.8 Å². The van der Waals surface area contributed by atoms with Crippen LogP contribution in [0.25, 0.3) is 0 Å². The Balaban J connectivity index is 1.56. The van der Waals surface area contributed by atoms with Crippen LogP contribution >= 0.6 is 0 Å². The van der Waals surface area contributed by atoms with Crippen LogP contribution in [0.4, 0.5) is 0 Å². The van der Waals surface area contributed by atoms with E-state index < -0.39 is 0 Å². The van der Waals surface area contributed by atoms with Crippen LogP contribution in [-0.4, -0.2) is 12.1 Å². The molecule has 2 rings (SSSR count). The maximum atomic E-state index is 11.7. The van der Waals surface area contributed by atoms with Gasteiger partial charge in [0.2, 0.25) is 0 Å². The first-order chi connectivity index (χ1) is 12.6. The van der Waals surface area contributed by atoms with Gasteiger partial charge in [-0.2, -0.15) is 0 Å². The third-order valence-electron chi connectivity index (χ3n) is 6.87. The summed E-state index contributed by atoms with van der Waals surface area (Å²) < 4.78 is 5.55. The average molecular weight is 363 g/mol. The highest BCUT2D eigenvalue weighted by atomic mass is 16.5. The Bertz CT molecular complexity index is 412. The third-order valence-corrected chi connectivity index (χ3v) is 6.87. The maximum absolute atomic E-state index is 11.7. The van der Waals surface area contributed by atoms with E-state index in [1.54, 1.807) is 6.92 Å². The average Bonchev–Trinajstić information content (AvgIpc) is 2.65. The standard InChI is InChI=1S/C24H42O2/c1-4-5-6-7-8-9-10-20-11-13-21(14-12-20)22-15-17-23(18-16-22)26-24(25)19(2)3/h20-23H,2,4-18H2,1,3H3. The lowest BCUT2D eigenvalue weighted by atomic mass is 9.70. The smallest absolute Gasteiger partial charge is 0.333 e. The van der Waals surface area contributed by atoms with Crippen molar-refractivity contribution in [2.45, 2.75) is 116 Å². The molecule has 0 atom stereocenters. The van der Waals surface area contributed by atoms with Crippen molar-refractivity contribution in [3.63, 3.8) is 0 Å². The van der Waals surface area contributed by atoms with Crippen molar-refractivity contribution in [1.82, 2.24) is 0 Å². The number of hydrogen-bond acceptors (Lipinski definition) is 2. The van der Waals surface area contributed by atoms with Gasteiger partial charge in [-0.3, -0.25) is 0 Å². The molecule has 150 valence electrons. The summed E-state index contributed by atoms with van der Waals surface area (Å²) in [5, 5.41) is 0. The molecule has 0 unspecified atom stereocenters. The Labute approximate surface area is 162 Å². The second kappa shape index (κ2) is 11.8. The van der Waals surface area contributed by atoms with Crippen molar-refractivity contribution in [1.29, 1.82) is 0 Å². The van der Waals surface area contributed by atoms with Gasteiger partial charge in [-0.25, -0.2) is 4.79 Å². The summed E-state index contributed by atoms with van der Waals surface area (Å²) in [7, 11) is 0. The van der Waals surface area contributed by atoms with Gasteiger partial charge < -0.3 is 4.74 Å². The number of esters is 1. The monoisotopic (exact) mass is 362 g/mol. The second-order valence-electron chi connectivity index (χ2n) is 9.06. The van der Waals surface area contributed by atoms with E-state index in [4.69, 9.17) is 4.74 Å². The first kappa shape index (κ1) is 21.5. The van der Waals surface area contributed by atoms with Crippen LogP contribution in [-0.2, 0) is 9.53 Å². The highest BCUT2D eigenvalue weighted by Gasteiger charge is 2.31. The topological polar surface area (TPSA) is 26.3 Å². The van der Waals surface area contributed by atoms with Crippen LogP contribution in [0.5, 0.6) is 0 Å². The van der Waals surface area contributed by atoms with Gasteiger partial charge in [-0.1, -0.05) is 71.3 Å². The molecule has 0 N–H and O–H groups in total. The van der Waals surface area contributed by atoms with Crippen molar-refractivity contribution < 1.29 is 9.53 Å². The van der Waals surface area contributed by atoms with Gasteiger partial charge in [0.1, 0.15) is 6.10 Å². The van der Waals surface area contributed by atoms with Crippen molar-refractivity contribution in [2.75, 3.05) is 0 Å². The van der Waals surface area contributed by atoms with E-state index in [1.807, 2.05) is 0 Å².